The van der Waals surface area contributed by atoms with Crippen LogP contribution < -0.4 is 0 Å². The first-order chi connectivity index (χ1) is 7.07. The molecule has 2 aliphatic rings. The van der Waals surface area contributed by atoms with Crippen LogP contribution in [0.4, 0.5) is 0 Å². The van der Waals surface area contributed by atoms with Crippen molar-refractivity contribution in [1.29, 1.82) is 0 Å². The first kappa shape index (κ1) is 10.9. The van der Waals surface area contributed by atoms with Gasteiger partial charge in [-0.1, -0.05) is 6.42 Å². The number of hydrogen-bond acceptors (Lipinski definition) is 4. The Bertz CT molecular complexity index is 249. The summed E-state index contributed by atoms with van der Waals surface area (Å²) in [6, 6.07) is 0. The maximum Gasteiger partial charge on any atom is 0.305 e. The van der Waals surface area contributed by atoms with Gasteiger partial charge in [0.05, 0.1) is 6.10 Å². The van der Waals surface area contributed by atoms with Crippen molar-refractivity contribution >= 4 is 5.97 Å². The number of fused-ring (bicyclic) bond motifs is 1. The van der Waals surface area contributed by atoms with E-state index in [1.807, 2.05) is 13.8 Å². The maximum atomic E-state index is 11.2. The molecule has 86 valence electrons. The second-order valence-corrected chi connectivity index (χ2v) is 4.64. The highest BCUT2D eigenvalue weighted by atomic mass is 16.8. The molecule has 4 nitrogen and oxygen atoms in total. The predicted octanol–water partition coefficient (Wildman–Crippen LogP) is 1.62. The third kappa shape index (κ3) is 2.69. The summed E-state index contributed by atoms with van der Waals surface area (Å²) in [5.41, 5.74) is 0. The highest BCUT2D eigenvalue weighted by Gasteiger charge is 2.41. The number of hydrogen-bond donors (Lipinski definition) is 0. The molecule has 0 aromatic rings. The zero-order valence-corrected chi connectivity index (χ0v) is 9.32. The van der Waals surface area contributed by atoms with Crippen LogP contribution in [0.2, 0.25) is 0 Å². The van der Waals surface area contributed by atoms with E-state index in [0.717, 1.165) is 19.3 Å². The third-order valence-electron chi connectivity index (χ3n) is 2.81. The van der Waals surface area contributed by atoms with Crippen LogP contribution in [0, 0.1) is 0 Å². The highest BCUT2D eigenvalue weighted by Crippen LogP contribution is 2.31. The highest BCUT2D eigenvalue weighted by molar-refractivity contribution is 5.69. The number of carbonyl (C=O) groups is 1. The fraction of sp³-hybridized carbons (Fsp3) is 0.909. The Morgan fingerprint density at radius 3 is 2.73 bits per heavy atom. The van der Waals surface area contributed by atoms with E-state index < -0.39 is 5.79 Å². The fourth-order valence-corrected chi connectivity index (χ4v) is 2.16. The third-order valence-corrected chi connectivity index (χ3v) is 2.81. The Morgan fingerprint density at radius 2 is 1.93 bits per heavy atom. The molecule has 0 bridgehead atoms. The molecule has 0 aromatic carbocycles. The molecular formula is C11H18O4. The molecular weight excluding hydrogens is 196 g/mol. The van der Waals surface area contributed by atoms with Gasteiger partial charge in [0.15, 0.2) is 5.79 Å². The number of rotatable bonds is 0. The quantitative estimate of drug-likeness (QED) is 0.575. The minimum atomic E-state index is -0.541. The summed E-state index contributed by atoms with van der Waals surface area (Å²) in [7, 11) is 0. The zero-order valence-electron chi connectivity index (χ0n) is 9.32. The van der Waals surface area contributed by atoms with Crippen LogP contribution in [-0.2, 0) is 19.0 Å². The van der Waals surface area contributed by atoms with Gasteiger partial charge in [0.1, 0.15) is 12.7 Å². The zero-order chi connectivity index (χ0) is 10.9. The summed E-state index contributed by atoms with van der Waals surface area (Å²) in [5, 5.41) is 0. The Labute approximate surface area is 89.9 Å². The van der Waals surface area contributed by atoms with E-state index in [9.17, 15) is 4.79 Å². The first-order valence-corrected chi connectivity index (χ1v) is 5.58. The van der Waals surface area contributed by atoms with Crippen molar-refractivity contribution < 1.29 is 19.0 Å². The van der Waals surface area contributed by atoms with E-state index in [1.165, 1.54) is 0 Å². The van der Waals surface area contributed by atoms with Gasteiger partial charge in [0.25, 0.3) is 0 Å². The van der Waals surface area contributed by atoms with Gasteiger partial charge in [-0.3, -0.25) is 4.79 Å². The molecule has 2 rings (SSSR count). The first-order valence-electron chi connectivity index (χ1n) is 5.58. The molecule has 0 radical (unpaired) electrons. The number of cyclic esters (lactones) is 1. The molecule has 0 aromatic heterocycles. The number of esters is 1. The monoisotopic (exact) mass is 214 g/mol. The summed E-state index contributed by atoms with van der Waals surface area (Å²) in [6.45, 7) is 4.12. The minimum absolute atomic E-state index is 0.0749. The second-order valence-electron chi connectivity index (χ2n) is 4.64. The summed E-state index contributed by atoms with van der Waals surface area (Å²) >= 11 is 0. The maximum absolute atomic E-state index is 11.2. The van der Waals surface area contributed by atoms with Crippen molar-refractivity contribution in [2.24, 2.45) is 0 Å². The van der Waals surface area contributed by atoms with E-state index in [1.54, 1.807) is 0 Å². The molecule has 0 N–H and O–H groups in total. The molecule has 2 heterocycles. The van der Waals surface area contributed by atoms with Crippen LogP contribution >= 0.6 is 0 Å². The van der Waals surface area contributed by atoms with Gasteiger partial charge in [0, 0.05) is 6.42 Å². The standard InChI is InChI=1S/C11H18O4/c1-11(2)14-8-5-3-4-6-10(12)13-7-9(8)15-11/h8-9H,3-7H2,1-2H3. The topological polar surface area (TPSA) is 44.8 Å². The molecule has 0 spiro atoms. The van der Waals surface area contributed by atoms with E-state index >= 15 is 0 Å². The average Bonchev–Trinajstić information content (AvgIpc) is 2.46. The lowest BCUT2D eigenvalue weighted by molar-refractivity contribution is -0.160. The van der Waals surface area contributed by atoms with Gasteiger partial charge in [0.2, 0.25) is 0 Å². The lowest BCUT2D eigenvalue weighted by Gasteiger charge is -2.17. The number of ether oxygens (including phenoxy) is 3. The molecule has 2 atom stereocenters. The molecule has 0 amide bonds. The van der Waals surface area contributed by atoms with Crippen LogP contribution in [0.25, 0.3) is 0 Å². The van der Waals surface area contributed by atoms with Gasteiger partial charge in [-0.15, -0.1) is 0 Å². The molecule has 2 fully saturated rings. The summed E-state index contributed by atoms with van der Waals surface area (Å²) in [4.78, 5) is 11.2. The van der Waals surface area contributed by atoms with Gasteiger partial charge >= 0.3 is 5.97 Å². The Morgan fingerprint density at radius 1 is 1.20 bits per heavy atom. The van der Waals surface area contributed by atoms with E-state index in [-0.39, 0.29) is 18.2 Å². The van der Waals surface area contributed by atoms with Crippen molar-refractivity contribution in [3.05, 3.63) is 0 Å². The average molecular weight is 214 g/mol. The molecule has 4 heteroatoms. The smallest absolute Gasteiger partial charge is 0.305 e. The molecule has 0 saturated carbocycles. The Hall–Kier alpha value is -0.610. The largest absolute Gasteiger partial charge is 0.463 e. The van der Waals surface area contributed by atoms with Gasteiger partial charge < -0.3 is 14.2 Å². The SMILES string of the molecule is CC1(C)OC2CCCCC(=O)OCC2O1. The molecule has 2 aliphatic heterocycles. The lowest BCUT2D eigenvalue weighted by atomic mass is 10.1. The molecule has 2 unspecified atom stereocenters. The molecule has 2 saturated heterocycles. The Kier molecular flexibility index (Phi) is 2.98. The van der Waals surface area contributed by atoms with Gasteiger partial charge in [-0.25, -0.2) is 0 Å². The normalized spacial score (nSPS) is 36.0. The minimum Gasteiger partial charge on any atom is -0.463 e. The Balaban J connectivity index is 2.00. The summed E-state index contributed by atoms with van der Waals surface area (Å²) in [5.74, 6) is -0.662. The van der Waals surface area contributed by atoms with Crippen LogP contribution in [0.1, 0.15) is 39.5 Å². The van der Waals surface area contributed by atoms with Gasteiger partial charge in [-0.2, -0.15) is 0 Å². The summed E-state index contributed by atoms with van der Waals surface area (Å²) < 4.78 is 16.6. The summed E-state index contributed by atoms with van der Waals surface area (Å²) in [6.07, 6.45) is 3.32. The molecule has 15 heavy (non-hydrogen) atoms. The fourth-order valence-electron chi connectivity index (χ4n) is 2.16. The molecule has 0 aliphatic carbocycles. The predicted molar refractivity (Wildman–Crippen MR) is 53.3 cm³/mol. The van der Waals surface area contributed by atoms with Crippen molar-refractivity contribution in [2.75, 3.05) is 6.61 Å². The van der Waals surface area contributed by atoms with E-state index in [0.29, 0.717) is 13.0 Å². The van der Waals surface area contributed by atoms with Gasteiger partial charge in [-0.05, 0) is 26.7 Å². The van der Waals surface area contributed by atoms with Crippen LogP contribution in [0.5, 0.6) is 0 Å². The second kappa shape index (κ2) is 4.10. The lowest BCUT2D eigenvalue weighted by Crippen LogP contribution is -2.28. The van der Waals surface area contributed by atoms with Crippen LogP contribution in [0.15, 0.2) is 0 Å². The van der Waals surface area contributed by atoms with Crippen molar-refractivity contribution in [3.8, 4) is 0 Å². The van der Waals surface area contributed by atoms with E-state index in [2.05, 4.69) is 0 Å². The van der Waals surface area contributed by atoms with Crippen molar-refractivity contribution in [2.45, 2.75) is 57.5 Å². The van der Waals surface area contributed by atoms with Crippen molar-refractivity contribution in [1.82, 2.24) is 0 Å². The van der Waals surface area contributed by atoms with Crippen molar-refractivity contribution in [3.63, 3.8) is 0 Å². The van der Waals surface area contributed by atoms with E-state index in [4.69, 9.17) is 14.2 Å². The number of carbonyl (C=O) groups excluding carboxylic acids is 1. The van der Waals surface area contributed by atoms with Crippen LogP contribution in [0.3, 0.4) is 0 Å². The van der Waals surface area contributed by atoms with Crippen LogP contribution in [-0.4, -0.2) is 30.6 Å².